The van der Waals surface area contributed by atoms with Crippen molar-refractivity contribution in [2.75, 3.05) is 18.5 Å². The van der Waals surface area contributed by atoms with Gasteiger partial charge in [-0.3, -0.25) is 4.79 Å². The Bertz CT molecular complexity index is 533. The summed E-state index contributed by atoms with van der Waals surface area (Å²) < 4.78 is 27.2. The van der Waals surface area contributed by atoms with Gasteiger partial charge in [-0.25, -0.2) is 8.78 Å². The van der Waals surface area contributed by atoms with Crippen molar-refractivity contribution in [3.8, 4) is 0 Å². The van der Waals surface area contributed by atoms with Crippen LogP contribution in [0.4, 0.5) is 14.5 Å². The second-order valence-electron chi connectivity index (χ2n) is 6.01. The number of anilines is 1. The van der Waals surface area contributed by atoms with E-state index < -0.39 is 11.6 Å². The zero-order valence-corrected chi connectivity index (χ0v) is 12.9. The molecule has 2 unspecified atom stereocenters. The Kier molecular flexibility index (Phi) is 4.49. The first-order chi connectivity index (χ1) is 9.82. The molecule has 1 heterocycles. The van der Waals surface area contributed by atoms with Crippen molar-refractivity contribution in [1.29, 1.82) is 0 Å². The fourth-order valence-corrected chi connectivity index (χ4v) is 3.25. The van der Waals surface area contributed by atoms with E-state index in [-0.39, 0.29) is 23.9 Å². The Morgan fingerprint density at radius 3 is 2.57 bits per heavy atom. The Morgan fingerprint density at radius 2 is 2.05 bits per heavy atom. The third-order valence-electron chi connectivity index (χ3n) is 4.32. The van der Waals surface area contributed by atoms with Crippen molar-refractivity contribution in [2.45, 2.75) is 39.3 Å². The highest BCUT2D eigenvalue weighted by atomic mass is 19.1. The van der Waals surface area contributed by atoms with Crippen LogP contribution in [0, 0.1) is 17.6 Å². The van der Waals surface area contributed by atoms with Gasteiger partial charge in [0, 0.05) is 26.6 Å². The van der Waals surface area contributed by atoms with E-state index in [0.717, 1.165) is 12.5 Å². The Labute approximate surface area is 124 Å². The van der Waals surface area contributed by atoms with Crippen molar-refractivity contribution in [3.05, 3.63) is 29.8 Å². The van der Waals surface area contributed by atoms with Crippen molar-refractivity contribution in [2.24, 2.45) is 5.92 Å². The van der Waals surface area contributed by atoms with Crippen LogP contribution in [0.1, 0.15) is 27.2 Å². The van der Waals surface area contributed by atoms with Gasteiger partial charge in [-0.2, -0.15) is 0 Å². The van der Waals surface area contributed by atoms with Gasteiger partial charge in [0.1, 0.15) is 11.6 Å². The highest BCUT2D eigenvalue weighted by molar-refractivity contribution is 5.73. The zero-order chi connectivity index (χ0) is 15.7. The molecule has 1 fully saturated rings. The van der Waals surface area contributed by atoms with Crippen LogP contribution in [-0.4, -0.2) is 36.5 Å². The predicted octanol–water partition coefficient (Wildman–Crippen LogP) is 3.05. The Balaban J connectivity index is 2.34. The van der Waals surface area contributed by atoms with Gasteiger partial charge in [0.25, 0.3) is 0 Å². The smallest absolute Gasteiger partial charge is 0.219 e. The fourth-order valence-electron chi connectivity index (χ4n) is 3.25. The standard InChI is InChI=1S/C16H22F2N2O/c1-10(2)16-15(19(4)11(3)21)7-8-20(16)14-6-5-12(17)9-13(14)18/h5-6,9-10,15-16H,7-8H2,1-4H3. The normalized spacial score (nSPS) is 22.0. The number of carbonyl (C=O) groups is 1. The first-order valence-electron chi connectivity index (χ1n) is 7.28. The van der Waals surface area contributed by atoms with Crippen molar-refractivity contribution in [3.63, 3.8) is 0 Å². The number of amides is 1. The second-order valence-corrected chi connectivity index (χ2v) is 6.01. The maximum atomic E-state index is 14.1. The van der Waals surface area contributed by atoms with E-state index in [1.165, 1.54) is 12.1 Å². The number of hydrogen-bond donors (Lipinski definition) is 0. The lowest BCUT2D eigenvalue weighted by Crippen LogP contribution is -2.48. The second kappa shape index (κ2) is 6.00. The molecule has 0 N–H and O–H groups in total. The Morgan fingerprint density at radius 1 is 1.38 bits per heavy atom. The largest absolute Gasteiger partial charge is 0.364 e. The number of carbonyl (C=O) groups excluding carboxylic acids is 1. The van der Waals surface area contributed by atoms with E-state index in [4.69, 9.17) is 0 Å². The van der Waals surface area contributed by atoms with Gasteiger partial charge in [-0.1, -0.05) is 13.8 Å². The molecule has 0 saturated carbocycles. The van der Waals surface area contributed by atoms with E-state index in [0.29, 0.717) is 12.2 Å². The van der Waals surface area contributed by atoms with Gasteiger partial charge in [-0.15, -0.1) is 0 Å². The molecule has 0 bridgehead atoms. The molecule has 0 aliphatic carbocycles. The average Bonchev–Trinajstić information content (AvgIpc) is 2.82. The molecule has 0 aromatic heterocycles. The Hall–Kier alpha value is -1.65. The third kappa shape index (κ3) is 3.01. The predicted molar refractivity (Wildman–Crippen MR) is 79.2 cm³/mol. The molecule has 1 saturated heterocycles. The van der Waals surface area contributed by atoms with Gasteiger partial charge in [0.2, 0.25) is 5.91 Å². The van der Waals surface area contributed by atoms with Crippen LogP contribution in [0.25, 0.3) is 0 Å². The first-order valence-corrected chi connectivity index (χ1v) is 7.28. The lowest BCUT2D eigenvalue weighted by Gasteiger charge is -2.36. The quantitative estimate of drug-likeness (QED) is 0.856. The van der Waals surface area contributed by atoms with Gasteiger partial charge < -0.3 is 9.80 Å². The summed E-state index contributed by atoms with van der Waals surface area (Å²) in [5.74, 6) is -0.864. The highest BCUT2D eigenvalue weighted by Crippen LogP contribution is 2.34. The van der Waals surface area contributed by atoms with Gasteiger partial charge >= 0.3 is 0 Å². The summed E-state index contributed by atoms with van der Waals surface area (Å²) in [6.07, 6.45) is 0.787. The van der Waals surface area contributed by atoms with Crippen LogP contribution >= 0.6 is 0 Å². The van der Waals surface area contributed by atoms with E-state index in [1.807, 2.05) is 4.90 Å². The van der Waals surface area contributed by atoms with E-state index in [9.17, 15) is 13.6 Å². The van der Waals surface area contributed by atoms with Crippen molar-refractivity contribution >= 4 is 11.6 Å². The minimum Gasteiger partial charge on any atom is -0.364 e. The molecule has 5 heteroatoms. The minimum atomic E-state index is -0.575. The molecular weight excluding hydrogens is 274 g/mol. The van der Waals surface area contributed by atoms with Crippen molar-refractivity contribution < 1.29 is 13.6 Å². The number of likely N-dealkylation sites (N-methyl/N-ethyl adjacent to an activating group) is 1. The third-order valence-corrected chi connectivity index (χ3v) is 4.32. The lowest BCUT2D eigenvalue weighted by molar-refractivity contribution is -0.129. The van der Waals surface area contributed by atoms with Crippen LogP contribution in [-0.2, 0) is 4.79 Å². The first kappa shape index (κ1) is 15.7. The zero-order valence-electron chi connectivity index (χ0n) is 12.9. The molecule has 2 rings (SSSR count). The summed E-state index contributed by atoms with van der Waals surface area (Å²) in [6.45, 7) is 6.32. The van der Waals surface area contributed by atoms with Gasteiger partial charge in [0.15, 0.2) is 0 Å². The topological polar surface area (TPSA) is 23.6 Å². The summed E-state index contributed by atoms with van der Waals surface area (Å²) >= 11 is 0. The van der Waals surface area contributed by atoms with Crippen molar-refractivity contribution in [1.82, 2.24) is 4.90 Å². The monoisotopic (exact) mass is 296 g/mol. The summed E-state index contributed by atoms with van der Waals surface area (Å²) in [6, 6.07) is 3.74. The highest BCUT2D eigenvalue weighted by Gasteiger charge is 2.40. The minimum absolute atomic E-state index is 0.00655. The maximum absolute atomic E-state index is 14.1. The number of nitrogens with zero attached hydrogens (tertiary/aromatic N) is 2. The average molecular weight is 296 g/mol. The van der Waals surface area contributed by atoms with Crippen LogP contribution in [0.5, 0.6) is 0 Å². The summed E-state index contributed by atoms with van der Waals surface area (Å²) in [5.41, 5.74) is 0.412. The van der Waals surface area contributed by atoms with Gasteiger partial charge in [-0.05, 0) is 24.5 Å². The number of benzene rings is 1. The SMILES string of the molecule is CC(=O)N(C)C1CCN(c2ccc(F)cc2F)C1C(C)C. The number of rotatable bonds is 3. The van der Waals surface area contributed by atoms with E-state index >= 15 is 0 Å². The number of halogens is 2. The maximum Gasteiger partial charge on any atom is 0.219 e. The molecule has 0 radical (unpaired) electrons. The molecule has 21 heavy (non-hydrogen) atoms. The fraction of sp³-hybridized carbons (Fsp3) is 0.562. The lowest BCUT2D eigenvalue weighted by atomic mass is 9.96. The van der Waals surface area contributed by atoms with E-state index in [1.54, 1.807) is 18.9 Å². The molecule has 1 aromatic rings. The number of hydrogen-bond acceptors (Lipinski definition) is 2. The molecular formula is C16H22F2N2O. The van der Waals surface area contributed by atoms with Crippen LogP contribution < -0.4 is 4.90 Å². The molecule has 0 spiro atoms. The van der Waals surface area contributed by atoms with Crippen LogP contribution in [0.3, 0.4) is 0 Å². The molecule has 3 nitrogen and oxygen atoms in total. The molecule has 2 atom stereocenters. The van der Waals surface area contributed by atoms with Gasteiger partial charge in [0.05, 0.1) is 17.8 Å². The van der Waals surface area contributed by atoms with E-state index in [2.05, 4.69) is 13.8 Å². The molecule has 116 valence electrons. The van der Waals surface area contributed by atoms with Crippen LogP contribution in [0.15, 0.2) is 18.2 Å². The molecule has 1 aromatic carbocycles. The summed E-state index contributed by atoms with van der Waals surface area (Å²) in [4.78, 5) is 15.3. The molecule has 1 amide bonds. The summed E-state index contributed by atoms with van der Waals surface area (Å²) in [7, 11) is 1.78. The van der Waals surface area contributed by atoms with Crippen LogP contribution in [0.2, 0.25) is 0 Å². The molecule has 1 aliphatic rings. The summed E-state index contributed by atoms with van der Waals surface area (Å²) in [5, 5.41) is 0. The molecule has 1 aliphatic heterocycles.